The van der Waals surface area contributed by atoms with Gasteiger partial charge in [0.15, 0.2) is 11.2 Å². The lowest BCUT2D eigenvalue weighted by Crippen LogP contribution is -2.16. The number of ether oxygens (including phenoxy) is 2. The standard InChI is InChI=1S/C19H25FN5O5P/c1-3-29-31(26,30-4-2)18(20)27-11-10-25-13-22-15-16(25)23-19(21)24-17(15)28-12-14-8-6-5-7-9-14/h5-9,13,18H,3-4,10-12H2,1-2H3,(H2,21,23,24). The molecule has 0 radical (unpaired) electrons. The maximum absolute atomic E-state index is 14.3. The highest BCUT2D eigenvalue weighted by Crippen LogP contribution is 2.54. The van der Waals surface area contributed by atoms with E-state index in [1.165, 1.54) is 6.33 Å². The van der Waals surface area contributed by atoms with E-state index in [9.17, 15) is 8.96 Å². The first-order valence-corrected chi connectivity index (χ1v) is 11.4. The van der Waals surface area contributed by atoms with E-state index in [4.69, 9.17) is 24.3 Å². The predicted octanol–water partition coefficient (Wildman–Crippen LogP) is 3.52. The van der Waals surface area contributed by atoms with Crippen molar-refractivity contribution in [3.8, 4) is 5.88 Å². The Morgan fingerprint density at radius 1 is 1.16 bits per heavy atom. The molecule has 31 heavy (non-hydrogen) atoms. The summed E-state index contributed by atoms with van der Waals surface area (Å²) >= 11 is 0. The maximum Gasteiger partial charge on any atom is 0.391 e. The van der Waals surface area contributed by atoms with E-state index in [0.717, 1.165) is 5.56 Å². The van der Waals surface area contributed by atoms with Gasteiger partial charge in [-0.05, 0) is 19.4 Å². The molecule has 2 N–H and O–H groups in total. The Hall–Kier alpha value is -2.59. The average molecular weight is 453 g/mol. The Balaban J connectivity index is 1.68. The van der Waals surface area contributed by atoms with Crippen molar-refractivity contribution in [2.24, 2.45) is 0 Å². The second kappa shape index (κ2) is 10.6. The minimum atomic E-state index is -4.00. The van der Waals surface area contributed by atoms with Crippen LogP contribution < -0.4 is 10.5 Å². The van der Waals surface area contributed by atoms with Crippen LogP contribution in [0.2, 0.25) is 0 Å². The van der Waals surface area contributed by atoms with E-state index >= 15 is 0 Å². The van der Waals surface area contributed by atoms with Crippen LogP contribution in [0.1, 0.15) is 19.4 Å². The molecular weight excluding hydrogens is 428 g/mol. The molecule has 0 bridgehead atoms. The van der Waals surface area contributed by atoms with E-state index < -0.39 is 13.7 Å². The van der Waals surface area contributed by atoms with Crippen molar-refractivity contribution < 1.29 is 27.5 Å². The first kappa shape index (κ1) is 23.1. The smallest absolute Gasteiger partial charge is 0.391 e. The second-order valence-corrected chi connectivity index (χ2v) is 8.31. The average Bonchev–Trinajstić information content (AvgIpc) is 3.16. The van der Waals surface area contributed by atoms with Crippen LogP contribution in [0, 0.1) is 0 Å². The van der Waals surface area contributed by atoms with E-state index in [0.29, 0.717) is 11.2 Å². The third kappa shape index (κ3) is 5.76. The van der Waals surface area contributed by atoms with Crippen molar-refractivity contribution in [2.75, 3.05) is 25.6 Å². The Morgan fingerprint density at radius 3 is 2.55 bits per heavy atom. The molecule has 0 aliphatic rings. The topological polar surface area (TPSA) is 124 Å². The van der Waals surface area contributed by atoms with Gasteiger partial charge in [-0.25, -0.2) is 9.37 Å². The molecule has 3 aromatic rings. The highest BCUT2D eigenvalue weighted by molar-refractivity contribution is 7.54. The molecule has 0 aliphatic heterocycles. The minimum Gasteiger partial charge on any atom is -0.471 e. The molecule has 0 spiro atoms. The van der Waals surface area contributed by atoms with E-state index in [2.05, 4.69) is 15.0 Å². The van der Waals surface area contributed by atoms with Crippen LogP contribution >= 0.6 is 7.60 Å². The number of hydrogen-bond acceptors (Lipinski definition) is 9. The summed E-state index contributed by atoms with van der Waals surface area (Å²) in [5, 5.41) is 0. The summed E-state index contributed by atoms with van der Waals surface area (Å²) in [5.74, 6) is 0.255. The van der Waals surface area contributed by atoms with Gasteiger partial charge in [-0.3, -0.25) is 4.57 Å². The molecule has 1 unspecified atom stereocenters. The third-order valence-corrected chi connectivity index (χ3v) is 6.00. The van der Waals surface area contributed by atoms with E-state index in [1.807, 2.05) is 30.3 Å². The summed E-state index contributed by atoms with van der Waals surface area (Å²) in [6.45, 7) is 3.60. The Labute approximate surface area is 179 Å². The van der Waals surface area contributed by atoms with Gasteiger partial charge in [0.05, 0.1) is 26.1 Å². The fourth-order valence-corrected chi connectivity index (χ4v) is 4.10. The van der Waals surface area contributed by atoms with Crippen LogP contribution in [0.3, 0.4) is 0 Å². The highest BCUT2D eigenvalue weighted by Gasteiger charge is 2.37. The molecule has 12 heteroatoms. The zero-order valence-electron chi connectivity index (χ0n) is 17.3. The minimum absolute atomic E-state index is 0.0128. The SMILES string of the molecule is CCOP(=O)(OCC)C(F)OCCn1cnc2c(OCc3ccccc3)nc(N)nc21. The number of rotatable bonds is 12. The van der Waals surface area contributed by atoms with Crippen LogP contribution in [0.15, 0.2) is 36.7 Å². The normalized spacial score (nSPS) is 12.9. The molecule has 0 aliphatic carbocycles. The monoisotopic (exact) mass is 453 g/mol. The molecule has 2 heterocycles. The van der Waals surface area contributed by atoms with Gasteiger partial charge >= 0.3 is 13.7 Å². The highest BCUT2D eigenvalue weighted by atomic mass is 31.2. The number of hydrogen-bond donors (Lipinski definition) is 1. The van der Waals surface area contributed by atoms with Crippen LogP contribution in [0.5, 0.6) is 5.88 Å². The summed E-state index contributed by atoms with van der Waals surface area (Å²) in [4.78, 5) is 12.6. The van der Waals surface area contributed by atoms with Gasteiger partial charge in [0.25, 0.3) is 0 Å². The largest absolute Gasteiger partial charge is 0.471 e. The van der Waals surface area contributed by atoms with Gasteiger partial charge in [-0.2, -0.15) is 9.97 Å². The fourth-order valence-electron chi connectivity index (χ4n) is 2.78. The maximum atomic E-state index is 14.3. The molecular formula is C19H25FN5O5P. The molecule has 1 atom stereocenters. The number of aromatic nitrogens is 4. The number of nitrogens with zero attached hydrogens (tertiary/aromatic N) is 4. The summed E-state index contributed by atoms with van der Waals surface area (Å²) in [5.41, 5.74) is 7.60. The first-order chi connectivity index (χ1) is 15.0. The lowest BCUT2D eigenvalue weighted by molar-refractivity contribution is -0.00917. The Morgan fingerprint density at radius 2 is 1.87 bits per heavy atom. The molecule has 0 fully saturated rings. The molecule has 10 nitrogen and oxygen atoms in total. The lowest BCUT2D eigenvalue weighted by Gasteiger charge is -2.20. The lowest BCUT2D eigenvalue weighted by atomic mass is 10.2. The Kier molecular flexibility index (Phi) is 7.91. The molecule has 0 saturated carbocycles. The van der Waals surface area contributed by atoms with E-state index in [-0.39, 0.29) is 44.8 Å². The second-order valence-electron chi connectivity index (χ2n) is 6.31. The van der Waals surface area contributed by atoms with Crippen LogP contribution in [-0.2, 0) is 31.5 Å². The van der Waals surface area contributed by atoms with Gasteiger partial charge in [0.1, 0.15) is 6.61 Å². The van der Waals surface area contributed by atoms with Gasteiger partial charge < -0.3 is 28.8 Å². The summed E-state index contributed by atoms with van der Waals surface area (Å²) < 4.78 is 49.1. The van der Waals surface area contributed by atoms with Crippen molar-refractivity contribution in [2.45, 2.75) is 33.1 Å². The number of nitrogen functional groups attached to an aromatic ring is 1. The molecule has 168 valence electrons. The number of nitrogens with two attached hydrogens (primary N) is 1. The third-order valence-electron chi connectivity index (χ3n) is 4.12. The van der Waals surface area contributed by atoms with Crippen LogP contribution in [0.25, 0.3) is 11.2 Å². The number of benzene rings is 1. The van der Waals surface area contributed by atoms with Crippen LogP contribution in [0.4, 0.5) is 10.3 Å². The first-order valence-electron chi connectivity index (χ1n) is 9.76. The number of alkyl halides is 1. The van der Waals surface area contributed by atoms with Crippen molar-refractivity contribution in [1.82, 2.24) is 19.5 Å². The summed E-state index contributed by atoms with van der Waals surface area (Å²) in [6, 6.07) is 9.58. The molecule has 2 aromatic heterocycles. The summed E-state index contributed by atoms with van der Waals surface area (Å²) in [6.07, 6.45) is -0.707. The van der Waals surface area contributed by atoms with Crippen molar-refractivity contribution in [3.63, 3.8) is 0 Å². The van der Waals surface area contributed by atoms with Gasteiger partial charge in [0, 0.05) is 6.54 Å². The van der Waals surface area contributed by atoms with Crippen LogP contribution in [-0.4, -0.2) is 45.4 Å². The molecule has 1 aromatic carbocycles. The molecule has 0 saturated heterocycles. The van der Waals surface area contributed by atoms with Gasteiger partial charge in [-0.15, -0.1) is 0 Å². The number of anilines is 1. The van der Waals surface area contributed by atoms with Gasteiger partial charge in [0.2, 0.25) is 11.8 Å². The predicted molar refractivity (Wildman–Crippen MR) is 112 cm³/mol. The molecule has 3 rings (SSSR count). The number of imidazole rings is 1. The zero-order valence-corrected chi connectivity index (χ0v) is 18.2. The zero-order chi connectivity index (χ0) is 22.3. The quantitative estimate of drug-likeness (QED) is 0.410. The van der Waals surface area contributed by atoms with Crippen molar-refractivity contribution in [1.29, 1.82) is 0 Å². The van der Waals surface area contributed by atoms with Crippen molar-refractivity contribution >= 4 is 24.7 Å². The Bertz CT molecular complexity index is 1030. The number of halogens is 1. The van der Waals surface area contributed by atoms with E-state index in [1.54, 1.807) is 18.4 Å². The van der Waals surface area contributed by atoms with Crippen molar-refractivity contribution in [3.05, 3.63) is 42.2 Å². The molecule has 0 amide bonds. The fraction of sp³-hybridized carbons (Fsp3) is 0.421. The number of fused-ring (bicyclic) bond motifs is 1. The summed E-state index contributed by atoms with van der Waals surface area (Å²) in [7, 11) is -4.00. The van der Waals surface area contributed by atoms with Gasteiger partial charge in [-0.1, -0.05) is 30.3 Å².